The van der Waals surface area contributed by atoms with Crippen molar-refractivity contribution >= 4 is 29.5 Å². The molecule has 8 heteroatoms. The first kappa shape index (κ1) is 15.6. The number of rotatable bonds is 4. The van der Waals surface area contributed by atoms with Gasteiger partial charge in [0.1, 0.15) is 0 Å². The molecule has 0 radical (unpaired) electrons. The third kappa shape index (κ3) is 3.29. The number of carbonyl (C=O) groups is 1. The Bertz CT molecular complexity index is 777. The van der Waals surface area contributed by atoms with Gasteiger partial charge in [-0.15, -0.1) is 0 Å². The minimum Gasteiger partial charge on any atom is -0.461 e. The predicted molar refractivity (Wildman–Crippen MR) is 86.7 cm³/mol. The Balaban J connectivity index is 2.59. The lowest BCUT2D eigenvalue weighted by Crippen LogP contribution is -2.18. The summed E-state index contributed by atoms with van der Waals surface area (Å²) >= 11 is 4.64. The van der Waals surface area contributed by atoms with Crippen molar-refractivity contribution in [2.75, 3.05) is 6.61 Å². The molecule has 0 spiro atoms. The molecule has 2 rings (SSSR count). The number of hydrogen-bond acceptors (Lipinski definition) is 4. The molecule has 0 saturated carbocycles. The monoisotopic (exact) mass is 318 g/mol. The van der Waals surface area contributed by atoms with E-state index in [-0.39, 0.29) is 23.0 Å². The standard InChI is InChI=1S/C14H14N4O3S/c1-2-21-13(20)11-10(8-16-14(15)22)12(19)18(17-11)9-6-4-3-5-7-9/h3-8,17H,2H2,1H3,(H2,15,22). The van der Waals surface area contributed by atoms with Gasteiger partial charge in [0.15, 0.2) is 10.8 Å². The Morgan fingerprint density at radius 3 is 2.73 bits per heavy atom. The van der Waals surface area contributed by atoms with E-state index in [9.17, 15) is 9.59 Å². The molecule has 1 aromatic carbocycles. The highest BCUT2D eigenvalue weighted by molar-refractivity contribution is 7.80. The Morgan fingerprint density at radius 1 is 1.45 bits per heavy atom. The van der Waals surface area contributed by atoms with Crippen molar-refractivity contribution in [3.8, 4) is 5.69 Å². The second kappa shape index (κ2) is 6.81. The molecule has 0 bridgehead atoms. The van der Waals surface area contributed by atoms with E-state index in [1.807, 2.05) is 6.07 Å². The van der Waals surface area contributed by atoms with E-state index in [0.717, 1.165) is 6.21 Å². The van der Waals surface area contributed by atoms with Crippen LogP contribution in [0.25, 0.3) is 5.69 Å². The molecule has 3 N–H and O–H groups in total. The van der Waals surface area contributed by atoms with E-state index in [4.69, 9.17) is 10.5 Å². The minimum atomic E-state index is -0.654. The van der Waals surface area contributed by atoms with Crippen LogP contribution in [0, 0.1) is 0 Å². The van der Waals surface area contributed by atoms with Crippen molar-refractivity contribution in [1.82, 2.24) is 9.78 Å². The number of benzene rings is 1. The molecule has 1 aromatic heterocycles. The Morgan fingerprint density at radius 2 is 2.14 bits per heavy atom. The summed E-state index contributed by atoms with van der Waals surface area (Å²) in [6, 6.07) is 8.81. The number of H-pyrrole nitrogens is 1. The number of para-hydroxylation sites is 1. The molecule has 0 saturated heterocycles. The fourth-order valence-electron chi connectivity index (χ4n) is 1.82. The van der Waals surface area contributed by atoms with Gasteiger partial charge in [0.25, 0.3) is 5.56 Å². The molecule has 22 heavy (non-hydrogen) atoms. The van der Waals surface area contributed by atoms with Crippen LogP contribution >= 0.6 is 12.2 Å². The Labute approximate surface area is 131 Å². The van der Waals surface area contributed by atoms with Gasteiger partial charge in [-0.1, -0.05) is 18.2 Å². The van der Waals surface area contributed by atoms with Crippen LogP contribution in [-0.2, 0) is 4.74 Å². The lowest BCUT2D eigenvalue weighted by molar-refractivity contribution is 0.0519. The molecule has 114 valence electrons. The van der Waals surface area contributed by atoms with Gasteiger partial charge in [0.2, 0.25) is 0 Å². The highest BCUT2D eigenvalue weighted by Gasteiger charge is 2.20. The summed E-state index contributed by atoms with van der Waals surface area (Å²) in [5.74, 6) is -0.654. The number of ether oxygens (including phenoxy) is 1. The van der Waals surface area contributed by atoms with Gasteiger partial charge in [-0.2, -0.15) is 0 Å². The first-order valence-corrected chi connectivity index (χ1v) is 6.86. The van der Waals surface area contributed by atoms with Crippen LogP contribution in [0.1, 0.15) is 23.0 Å². The summed E-state index contributed by atoms with van der Waals surface area (Å²) < 4.78 is 6.16. The maximum Gasteiger partial charge on any atom is 0.357 e. The number of nitrogens with two attached hydrogens (primary N) is 1. The molecule has 2 aromatic rings. The summed E-state index contributed by atoms with van der Waals surface area (Å²) in [5, 5.41) is 2.59. The Kier molecular flexibility index (Phi) is 4.84. The van der Waals surface area contributed by atoms with E-state index < -0.39 is 11.5 Å². The second-order valence-corrected chi connectivity index (χ2v) is 4.61. The normalized spacial score (nSPS) is 10.8. The maximum absolute atomic E-state index is 12.5. The molecule has 7 nitrogen and oxygen atoms in total. The fourth-order valence-corrected chi connectivity index (χ4v) is 1.87. The number of nitrogens with one attached hydrogen (secondary N) is 1. The lowest BCUT2D eigenvalue weighted by Gasteiger charge is -2.01. The van der Waals surface area contributed by atoms with E-state index in [2.05, 4.69) is 22.3 Å². The van der Waals surface area contributed by atoms with E-state index >= 15 is 0 Å². The molecule has 0 aliphatic rings. The van der Waals surface area contributed by atoms with Crippen LogP contribution in [0.2, 0.25) is 0 Å². The number of aromatic amines is 1. The van der Waals surface area contributed by atoms with Gasteiger partial charge < -0.3 is 10.5 Å². The number of nitrogens with zero attached hydrogens (tertiary/aromatic N) is 2. The molecule has 0 unspecified atom stereocenters. The fraction of sp³-hybridized carbons (Fsp3) is 0.143. The average molecular weight is 318 g/mol. The number of hydrogen-bond donors (Lipinski definition) is 2. The van der Waals surface area contributed by atoms with Crippen LogP contribution in [0.5, 0.6) is 0 Å². The predicted octanol–water partition coefficient (Wildman–Crippen LogP) is 1.00. The van der Waals surface area contributed by atoms with E-state index in [1.165, 1.54) is 4.68 Å². The molecular weight excluding hydrogens is 304 g/mol. The van der Waals surface area contributed by atoms with Crippen molar-refractivity contribution in [3.63, 3.8) is 0 Å². The third-order valence-corrected chi connectivity index (χ3v) is 2.85. The zero-order valence-corrected chi connectivity index (χ0v) is 12.6. The third-order valence-electron chi connectivity index (χ3n) is 2.74. The highest BCUT2D eigenvalue weighted by Crippen LogP contribution is 2.08. The van der Waals surface area contributed by atoms with Crippen molar-refractivity contribution in [1.29, 1.82) is 0 Å². The summed E-state index contributed by atoms with van der Waals surface area (Å²) in [5.41, 5.74) is 5.45. The molecule has 0 atom stereocenters. The van der Waals surface area contributed by atoms with Crippen molar-refractivity contribution in [2.45, 2.75) is 6.92 Å². The van der Waals surface area contributed by atoms with Crippen LogP contribution in [-0.4, -0.2) is 33.7 Å². The first-order valence-electron chi connectivity index (χ1n) is 6.45. The topological polar surface area (TPSA) is 102 Å². The van der Waals surface area contributed by atoms with Gasteiger partial charge in [-0.25, -0.2) is 14.5 Å². The number of aromatic nitrogens is 2. The molecule has 0 aliphatic heterocycles. The van der Waals surface area contributed by atoms with Crippen molar-refractivity contribution in [2.24, 2.45) is 10.7 Å². The van der Waals surface area contributed by atoms with Gasteiger partial charge in [0.05, 0.1) is 17.9 Å². The number of esters is 1. The van der Waals surface area contributed by atoms with Crippen molar-refractivity contribution < 1.29 is 9.53 Å². The molecular formula is C14H14N4O3S. The SMILES string of the molecule is CCOC(=O)c1[nH]n(-c2ccccc2)c(=O)c1C=NC(N)=S. The van der Waals surface area contributed by atoms with Crippen LogP contribution in [0.3, 0.4) is 0 Å². The molecule has 1 heterocycles. The Hall–Kier alpha value is -2.74. The summed E-state index contributed by atoms with van der Waals surface area (Å²) in [4.78, 5) is 28.1. The summed E-state index contributed by atoms with van der Waals surface area (Å²) in [6.45, 7) is 1.86. The van der Waals surface area contributed by atoms with Gasteiger partial charge in [-0.05, 0) is 31.3 Å². The highest BCUT2D eigenvalue weighted by atomic mass is 32.1. The maximum atomic E-state index is 12.5. The van der Waals surface area contributed by atoms with Crippen LogP contribution in [0.4, 0.5) is 0 Å². The molecule has 0 amide bonds. The smallest absolute Gasteiger partial charge is 0.357 e. The first-order chi connectivity index (χ1) is 10.5. The average Bonchev–Trinajstić information content (AvgIpc) is 2.83. The number of thiocarbonyl (C=S) groups is 1. The largest absolute Gasteiger partial charge is 0.461 e. The van der Waals surface area contributed by atoms with Gasteiger partial charge in [-0.3, -0.25) is 9.89 Å². The van der Waals surface area contributed by atoms with Gasteiger partial charge >= 0.3 is 5.97 Å². The van der Waals surface area contributed by atoms with Crippen molar-refractivity contribution in [3.05, 3.63) is 51.9 Å². The summed E-state index contributed by atoms with van der Waals surface area (Å²) in [7, 11) is 0. The lowest BCUT2D eigenvalue weighted by atomic mass is 10.2. The van der Waals surface area contributed by atoms with Gasteiger partial charge in [0, 0.05) is 6.21 Å². The minimum absolute atomic E-state index is 0.00398. The zero-order chi connectivity index (χ0) is 16.1. The second-order valence-electron chi connectivity index (χ2n) is 4.19. The molecule has 0 fully saturated rings. The zero-order valence-electron chi connectivity index (χ0n) is 11.8. The quantitative estimate of drug-likeness (QED) is 0.497. The van der Waals surface area contributed by atoms with E-state index in [1.54, 1.807) is 31.2 Å². The van der Waals surface area contributed by atoms with E-state index in [0.29, 0.717) is 5.69 Å². The van der Waals surface area contributed by atoms with Crippen LogP contribution in [0.15, 0.2) is 40.1 Å². The summed E-state index contributed by atoms with van der Waals surface area (Å²) in [6.07, 6.45) is 1.16. The number of aliphatic imine (C=N–C) groups is 1. The van der Waals surface area contributed by atoms with Crippen LogP contribution < -0.4 is 11.3 Å². The number of carbonyl (C=O) groups excluding carboxylic acids is 1. The molecule has 0 aliphatic carbocycles.